The van der Waals surface area contributed by atoms with Crippen LogP contribution in [0.1, 0.15) is 35.1 Å². The smallest absolute Gasteiger partial charge is 0.0388 e. The van der Waals surface area contributed by atoms with Crippen LogP contribution in [0.2, 0.25) is 0 Å². The summed E-state index contributed by atoms with van der Waals surface area (Å²) in [4.78, 5) is 0. The molecule has 2 bridgehead atoms. The quantitative estimate of drug-likeness (QED) is 0.738. The number of hydrogen-bond donors (Lipinski definition) is 1. The van der Waals surface area contributed by atoms with Crippen LogP contribution >= 0.6 is 0 Å². The second kappa shape index (κ2) is 3.63. The predicted molar refractivity (Wildman–Crippen MR) is 80.0 cm³/mol. The lowest BCUT2D eigenvalue weighted by molar-refractivity contribution is 0.418. The zero-order valence-corrected chi connectivity index (χ0v) is 11.6. The number of aryl methyl sites for hydroxylation is 2. The van der Waals surface area contributed by atoms with Gasteiger partial charge < -0.3 is 5.32 Å². The molecule has 1 heterocycles. The van der Waals surface area contributed by atoms with Crippen molar-refractivity contribution in [1.29, 1.82) is 0 Å². The maximum Gasteiger partial charge on any atom is 0.0388 e. The number of allylic oxidation sites excluding steroid dienone is 4. The molecule has 1 heteroatoms. The van der Waals surface area contributed by atoms with Gasteiger partial charge in [-0.1, -0.05) is 30.4 Å². The molecule has 4 rings (SSSR count). The first-order chi connectivity index (χ1) is 9.21. The number of piperidine rings is 1. The van der Waals surface area contributed by atoms with Crippen LogP contribution in [-0.4, -0.2) is 6.54 Å². The molecule has 1 atom stereocenters. The molecule has 0 radical (unpaired) electrons. The van der Waals surface area contributed by atoms with Gasteiger partial charge in [-0.2, -0.15) is 0 Å². The van der Waals surface area contributed by atoms with Crippen LogP contribution < -0.4 is 5.32 Å². The molecular weight excluding hydrogens is 230 g/mol. The van der Waals surface area contributed by atoms with Gasteiger partial charge in [0, 0.05) is 17.7 Å². The summed E-state index contributed by atoms with van der Waals surface area (Å²) in [6.07, 6.45) is 11.5. The molecule has 1 aromatic rings. The normalized spacial score (nSPS) is 26.8. The first kappa shape index (κ1) is 11.1. The van der Waals surface area contributed by atoms with Crippen molar-refractivity contribution in [2.45, 2.75) is 32.1 Å². The zero-order chi connectivity index (χ0) is 13.0. The largest absolute Gasteiger partial charge is 0.385 e. The van der Waals surface area contributed by atoms with Crippen molar-refractivity contribution in [2.75, 3.05) is 6.54 Å². The lowest BCUT2D eigenvalue weighted by Gasteiger charge is -2.46. The molecule has 0 aromatic heterocycles. The lowest BCUT2D eigenvalue weighted by atomic mass is 9.61. The van der Waals surface area contributed by atoms with Crippen molar-refractivity contribution >= 4 is 6.08 Å². The Morgan fingerprint density at radius 3 is 2.89 bits per heavy atom. The van der Waals surface area contributed by atoms with Gasteiger partial charge in [0.25, 0.3) is 0 Å². The predicted octanol–water partition coefficient (Wildman–Crippen LogP) is 3.78. The molecule has 0 spiro atoms. The molecule has 0 amide bonds. The molecule has 2 aliphatic carbocycles. The van der Waals surface area contributed by atoms with Crippen molar-refractivity contribution in [3.63, 3.8) is 0 Å². The van der Waals surface area contributed by atoms with E-state index in [4.69, 9.17) is 0 Å². The van der Waals surface area contributed by atoms with Gasteiger partial charge in [0.05, 0.1) is 0 Å². The van der Waals surface area contributed by atoms with Crippen LogP contribution in [0, 0.1) is 13.8 Å². The molecule has 19 heavy (non-hydrogen) atoms. The monoisotopic (exact) mass is 249 g/mol. The highest BCUT2D eigenvalue weighted by molar-refractivity contribution is 5.73. The summed E-state index contributed by atoms with van der Waals surface area (Å²) in [5.74, 6) is 0. The summed E-state index contributed by atoms with van der Waals surface area (Å²) in [5, 5.41) is 3.58. The SMILES string of the molecule is Cc1cc2c(cc1C)C13CC=CC=C1C(=C2)NCC3. The highest BCUT2D eigenvalue weighted by Crippen LogP contribution is 2.51. The Labute approximate surface area is 114 Å². The molecule has 1 saturated heterocycles. The van der Waals surface area contributed by atoms with Gasteiger partial charge in [-0.25, -0.2) is 0 Å². The second-order valence-electron chi connectivity index (χ2n) is 6.05. The Morgan fingerprint density at radius 1 is 1.16 bits per heavy atom. The fraction of sp³-hybridized carbons (Fsp3) is 0.333. The molecule has 1 aromatic carbocycles. The first-order valence-electron chi connectivity index (χ1n) is 7.16. The minimum atomic E-state index is 0.234. The molecule has 96 valence electrons. The van der Waals surface area contributed by atoms with Crippen LogP contribution in [-0.2, 0) is 5.41 Å². The third-order valence-electron chi connectivity index (χ3n) is 5.02. The summed E-state index contributed by atoms with van der Waals surface area (Å²) in [6.45, 7) is 5.53. The molecule has 0 saturated carbocycles. The van der Waals surface area contributed by atoms with Crippen molar-refractivity contribution in [2.24, 2.45) is 0 Å². The minimum Gasteiger partial charge on any atom is -0.385 e. The fourth-order valence-corrected chi connectivity index (χ4v) is 3.84. The average molecular weight is 249 g/mol. The Kier molecular flexibility index (Phi) is 2.12. The molecule has 3 aliphatic rings. The van der Waals surface area contributed by atoms with Crippen molar-refractivity contribution in [3.8, 4) is 0 Å². The number of benzene rings is 1. The summed E-state index contributed by atoms with van der Waals surface area (Å²) < 4.78 is 0. The van der Waals surface area contributed by atoms with Gasteiger partial charge in [-0.05, 0) is 60.6 Å². The lowest BCUT2D eigenvalue weighted by Crippen LogP contribution is -2.43. The Balaban J connectivity index is 2.05. The van der Waals surface area contributed by atoms with Crippen LogP contribution in [0.25, 0.3) is 6.08 Å². The van der Waals surface area contributed by atoms with Crippen molar-refractivity contribution in [3.05, 3.63) is 63.9 Å². The van der Waals surface area contributed by atoms with Gasteiger partial charge >= 0.3 is 0 Å². The number of nitrogens with one attached hydrogen (secondary N) is 1. The van der Waals surface area contributed by atoms with E-state index in [0.29, 0.717) is 0 Å². The second-order valence-corrected chi connectivity index (χ2v) is 6.05. The van der Waals surface area contributed by atoms with Gasteiger partial charge in [-0.15, -0.1) is 0 Å². The molecule has 1 unspecified atom stereocenters. The Bertz CT molecular complexity index is 661. The van der Waals surface area contributed by atoms with Crippen LogP contribution in [0.5, 0.6) is 0 Å². The number of fused-ring (bicyclic) bond motifs is 1. The molecule has 1 aliphatic heterocycles. The fourth-order valence-electron chi connectivity index (χ4n) is 3.84. The van der Waals surface area contributed by atoms with E-state index in [1.54, 1.807) is 0 Å². The standard InChI is InChI=1S/C18H19N/c1-12-9-14-11-17-15-5-3-4-6-18(15,7-8-19-17)16(14)10-13(12)2/h3-5,9-11,19H,6-8H2,1-2H3. The van der Waals surface area contributed by atoms with Gasteiger partial charge in [-0.3, -0.25) is 0 Å². The topological polar surface area (TPSA) is 12.0 Å². The molecule has 1 N–H and O–H groups in total. The third kappa shape index (κ3) is 1.36. The maximum absolute atomic E-state index is 3.58. The van der Waals surface area contributed by atoms with Gasteiger partial charge in [0.1, 0.15) is 0 Å². The summed E-state index contributed by atoms with van der Waals surface area (Å²) >= 11 is 0. The number of hydrogen-bond acceptors (Lipinski definition) is 1. The Morgan fingerprint density at radius 2 is 2.00 bits per heavy atom. The molecule has 1 fully saturated rings. The minimum absolute atomic E-state index is 0.234. The Hall–Kier alpha value is -1.76. The third-order valence-corrected chi connectivity index (χ3v) is 5.02. The van der Waals surface area contributed by atoms with E-state index in [-0.39, 0.29) is 5.41 Å². The van der Waals surface area contributed by atoms with Crippen LogP contribution in [0.3, 0.4) is 0 Å². The average Bonchev–Trinajstić information content (AvgIpc) is 2.41. The zero-order valence-electron chi connectivity index (χ0n) is 11.6. The van der Waals surface area contributed by atoms with Crippen molar-refractivity contribution < 1.29 is 0 Å². The van der Waals surface area contributed by atoms with E-state index in [0.717, 1.165) is 13.0 Å². The van der Waals surface area contributed by atoms with E-state index in [9.17, 15) is 0 Å². The molecule has 1 nitrogen and oxygen atoms in total. The first-order valence-corrected chi connectivity index (χ1v) is 7.16. The van der Waals surface area contributed by atoms with Gasteiger partial charge in [0.2, 0.25) is 0 Å². The summed E-state index contributed by atoms with van der Waals surface area (Å²) in [6, 6.07) is 4.78. The van der Waals surface area contributed by atoms with Crippen LogP contribution in [0.15, 0.2) is 41.6 Å². The van der Waals surface area contributed by atoms with E-state index in [1.807, 2.05) is 0 Å². The van der Waals surface area contributed by atoms with E-state index >= 15 is 0 Å². The summed E-state index contributed by atoms with van der Waals surface area (Å²) in [7, 11) is 0. The van der Waals surface area contributed by atoms with Crippen LogP contribution in [0.4, 0.5) is 0 Å². The molecular formula is C18H19N. The highest BCUT2D eigenvalue weighted by Gasteiger charge is 2.43. The van der Waals surface area contributed by atoms with E-state index in [2.05, 4.69) is 55.6 Å². The van der Waals surface area contributed by atoms with Gasteiger partial charge in [0.15, 0.2) is 0 Å². The maximum atomic E-state index is 3.58. The highest BCUT2D eigenvalue weighted by atomic mass is 14.9. The van der Waals surface area contributed by atoms with Crippen molar-refractivity contribution in [1.82, 2.24) is 5.32 Å². The summed E-state index contributed by atoms with van der Waals surface area (Å²) in [5.41, 5.74) is 8.83. The number of rotatable bonds is 0. The van der Waals surface area contributed by atoms with E-state index in [1.165, 1.54) is 39.9 Å². The van der Waals surface area contributed by atoms with E-state index < -0.39 is 0 Å².